The van der Waals surface area contributed by atoms with Gasteiger partial charge in [0.25, 0.3) is 17.7 Å². The van der Waals surface area contributed by atoms with Crippen LogP contribution >= 0.6 is 0 Å². The van der Waals surface area contributed by atoms with Crippen LogP contribution in [0.3, 0.4) is 0 Å². The van der Waals surface area contributed by atoms with E-state index in [0.29, 0.717) is 42.2 Å². The summed E-state index contributed by atoms with van der Waals surface area (Å²) < 4.78 is 1.84. The van der Waals surface area contributed by atoms with Gasteiger partial charge < -0.3 is 9.80 Å². The Kier molecular flexibility index (Phi) is 8.12. The lowest BCUT2D eigenvalue weighted by molar-refractivity contribution is -0.136. The second-order valence-electron chi connectivity index (χ2n) is 12.6. The smallest absolute Gasteiger partial charge is 0.264 e. The van der Waals surface area contributed by atoms with Gasteiger partial charge in [0, 0.05) is 70.2 Å². The first kappa shape index (κ1) is 29.8. The van der Waals surface area contributed by atoms with Crippen molar-refractivity contribution in [1.29, 1.82) is 0 Å². The molecule has 0 saturated carbocycles. The summed E-state index contributed by atoms with van der Waals surface area (Å²) in [5.74, 6) is -1.38. The first-order valence-electron chi connectivity index (χ1n) is 16.0. The van der Waals surface area contributed by atoms with Crippen molar-refractivity contribution in [3.63, 3.8) is 0 Å². The summed E-state index contributed by atoms with van der Waals surface area (Å²) in [6, 6.07) is 14.0. The number of fused-ring (bicyclic) bond motifs is 1. The fourth-order valence-corrected chi connectivity index (χ4v) is 7.18. The van der Waals surface area contributed by atoms with Crippen LogP contribution in [0.2, 0.25) is 0 Å². The van der Waals surface area contributed by atoms with Gasteiger partial charge in [0.1, 0.15) is 6.04 Å². The van der Waals surface area contributed by atoms with Gasteiger partial charge in [-0.1, -0.05) is 18.2 Å². The topological polar surface area (TPSA) is 128 Å². The minimum atomic E-state index is -0.975. The molecule has 0 spiro atoms. The Balaban J connectivity index is 0.919. The zero-order valence-electron chi connectivity index (χ0n) is 25.6. The van der Waals surface area contributed by atoms with Crippen LogP contribution in [0.5, 0.6) is 0 Å². The molecule has 46 heavy (non-hydrogen) atoms. The lowest BCUT2D eigenvalue weighted by Crippen LogP contribution is -2.54. The zero-order valence-corrected chi connectivity index (χ0v) is 25.6. The maximum Gasteiger partial charge on any atom is 0.264 e. The third-order valence-electron chi connectivity index (χ3n) is 9.65. The van der Waals surface area contributed by atoms with Gasteiger partial charge in [0.15, 0.2) is 0 Å². The van der Waals surface area contributed by atoms with E-state index in [1.807, 2.05) is 52.2 Å². The fraction of sp³-hybridized carbons (Fsp3) is 0.412. The number of amides is 5. The van der Waals surface area contributed by atoms with E-state index in [1.54, 1.807) is 18.3 Å². The first-order valence-corrected chi connectivity index (χ1v) is 16.0. The number of piperazine rings is 1. The van der Waals surface area contributed by atoms with Crippen LogP contribution in [-0.2, 0) is 16.1 Å². The molecule has 7 rings (SSSR count). The Morgan fingerprint density at radius 1 is 0.870 bits per heavy atom. The molecule has 3 saturated heterocycles. The average molecular weight is 624 g/mol. The molecule has 1 unspecified atom stereocenters. The number of benzene rings is 2. The first-order chi connectivity index (χ1) is 22.4. The van der Waals surface area contributed by atoms with E-state index in [0.717, 1.165) is 61.7 Å². The molecule has 0 radical (unpaired) electrons. The number of piperidine rings is 2. The lowest BCUT2D eigenvalue weighted by Gasteiger charge is -2.39. The van der Waals surface area contributed by atoms with Crippen molar-refractivity contribution < 1.29 is 24.0 Å². The molecule has 1 aromatic heterocycles. The van der Waals surface area contributed by atoms with Crippen LogP contribution in [0.15, 0.2) is 60.9 Å². The van der Waals surface area contributed by atoms with E-state index < -0.39 is 23.8 Å². The van der Waals surface area contributed by atoms with Crippen LogP contribution in [0, 0.1) is 5.92 Å². The van der Waals surface area contributed by atoms with Gasteiger partial charge in [-0.2, -0.15) is 5.10 Å². The van der Waals surface area contributed by atoms with E-state index in [-0.39, 0.29) is 24.7 Å². The summed E-state index contributed by atoms with van der Waals surface area (Å²) >= 11 is 0. The van der Waals surface area contributed by atoms with Crippen molar-refractivity contribution in [3.05, 3.63) is 83.2 Å². The van der Waals surface area contributed by atoms with Crippen LogP contribution in [0.1, 0.15) is 62.3 Å². The van der Waals surface area contributed by atoms with E-state index in [4.69, 9.17) is 0 Å². The van der Waals surface area contributed by atoms with Gasteiger partial charge in [0.2, 0.25) is 11.8 Å². The Bertz CT molecular complexity index is 1670. The lowest BCUT2D eigenvalue weighted by atomic mass is 9.94. The Labute approximate surface area is 266 Å². The van der Waals surface area contributed by atoms with E-state index in [9.17, 15) is 24.0 Å². The van der Waals surface area contributed by atoms with Gasteiger partial charge in [-0.05, 0) is 61.1 Å². The predicted octanol–water partition coefficient (Wildman–Crippen LogP) is 2.01. The van der Waals surface area contributed by atoms with Crippen molar-refractivity contribution in [1.82, 2.24) is 29.8 Å². The van der Waals surface area contributed by atoms with Gasteiger partial charge in [-0.15, -0.1) is 0 Å². The van der Waals surface area contributed by atoms with E-state index in [1.165, 1.54) is 0 Å². The summed E-state index contributed by atoms with van der Waals surface area (Å²) in [5.41, 5.74) is 3.14. The molecule has 12 heteroatoms. The van der Waals surface area contributed by atoms with E-state index >= 15 is 0 Å². The third kappa shape index (κ3) is 5.80. The maximum atomic E-state index is 13.5. The summed E-state index contributed by atoms with van der Waals surface area (Å²) in [6.07, 6.45) is 5.79. The SMILES string of the molecule is O=C1CCC(N2C(=O)c3cccc(N4CCC(CN5CCN(C(=O)c6cccc(Cn7cccn7)c6)CC5)CC4)c3C2=O)C(=O)N1. The van der Waals surface area contributed by atoms with Crippen LogP contribution in [0.25, 0.3) is 0 Å². The Morgan fingerprint density at radius 3 is 2.39 bits per heavy atom. The molecule has 2 aromatic carbocycles. The van der Waals surface area contributed by atoms with Crippen molar-refractivity contribution >= 4 is 35.2 Å². The highest BCUT2D eigenvalue weighted by Gasteiger charge is 2.46. The molecule has 4 aliphatic heterocycles. The quantitative estimate of drug-likeness (QED) is 0.396. The highest BCUT2D eigenvalue weighted by Crippen LogP contribution is 2.36. The van der Waals surface area contributed by atoms with Crippen LogP contribution < -0.4 is 10.2 Å². The zero-order chi connectivity index (χ0) is 31.8. The molecular formula is C34H37N7O5. The molecule has 3 fully saturated rings. The Hall–Kier alpha value is -4.84. The summed E-state index contributed by atoms with van der Waals surface area (Å²) in [6.45, 7) is 6.15. The second kappa shape index (κ2) is 12.5. The van der Waals surface area contributed by atoms with Crippen LogP contribution in [-0.4, -0.2) is 106 Å². The van der Waals surface area contributed by atoms with Crippen molar-refractivity contribution in [2.24, 2.45) is 5.92 Å². The minimum absolute atomic E-state index is 0.0647. The molecule has 1 atom stereocenters. The normalized spacial score (nSPS) is 21.1. The number of aromatic nitrogens is 2. The molecule has 5 heterocycles. The molecular weight excluding hydrogens is 586 g/mol. The third-order valence-corrected chi connectivity index (χ3v) is 9.65. The van der Waals surface area contributed by atoms with Gasteiger partial charge >= 0.3 is 0 Å². The summed E-state index contributed by atoms with van der Waals surface area (Å²) in [4.78, 5) is 71.8. The molecule has 3 aromatic rings. The summed E-state index contributed by atoms with van der Waals surface area (Å²) in [7, 11) is 0. The summed E-state index contributed by atoms with van der Waals surface area (Å²) in [5, 5.41) is 6.51. The maximum absolute atomic E-state index is 13.5. The fourth-order valence-electron chi connectivity index (χ4n) is 7.18. The number of imide groups is 2. The number of nitrogens with zero attached hydrogens (tertiary/aromatic N) is 6. The molecule has 12 nitrogen and oxygen atoms in total. The monoisotopic (exact) mass is 623 g/mol. The second-order valence-corrected chi connectivity index (χ2v) is 12.6. The number of hydrogen-bond donors (Lipinski definition) is 1. The predicted molar refractivity (Wildman–Crippen MR) is 168 cm³/mol. The largest absolute Gasteiger partial charge is 0.371 e. The number of hydrogen-bond acceptors (Lipinski definition) is 8. The number of carbonyl (C=O) groups excluding carboxylic acids is 5. The van der Waals surface area contributed by atoms with Gasteiger partial charge in [-0.3, -0.25) is 43.8 Å². The van der Waals surface area contributed by atoms with Gasteiger partial charge in [0.05, 0.1) is 23.4 Å². The molecule has 0 aliphatic carbocycles. The van der Waals surface area contributed by atoms with Crippen LogP contribution in [0.4, 0.5) is 5.69 Å². The van der Waals surface area contributed by atoms with E-state index in [2.05, 4.69) is 20.2 Å². The van der Waals surface area contributed by atoms with Gasteiger partial charge in [-0.25, -0.2) is 0 Å². The molecule has 4 aliphatic rings. The number of nitrogens with one attached hydrogen (secondary N) is 1. The number of rotatable bonds is 7. The minimum Gasteiger partial charge on any atom is -0.371 e. The molecule has 0 bridgehead atoms. The molecule has 1 N–H and O–H groups in total. The van der Waals surface area contributed by atoms with Crippen molar-refractivity contribution in [2.75, 3.05) is 50.7 Å². The molecule has 238 valence electrons. The van der Waals surface area contributed by atoms with Crippen molar-refractivity contribution in [2.45, 2.75) is 38.3 Å². The highest BCUT2D eigenvalue weighted by atomic mass is 16.2. The van der Waals surface area contributed by atoms with Crippen molar-refractivity contribution in [3.8, 4) is 0 Å². The standard InChI is InChI=1S/C34H37N7O5/c42-29-9-8-28(31(43)36-29)41-33(45)26-6-2-7-27(30(26)34(41)46)38-14-10-23(11-15-38)21-37-16-18-39(19-17-37)32(44)25-5-1-4-24(20-25)22-40-13-3-12-35-40/h1-7,12-13,20,23,28H,8-11,14-19,21-22H2,(H,36,42,43). The molecule has 5 amide bonds. The number of carbonyl (C=O) groups is 5. The number of anilines is 1. The highest BCUT2D eigenvalue weighted by molar-refractivity contribution is 6.25. The Morgan fingerprint density at radius 2 is 1.65 bits per heavy atom. The average Bonchev–Trinajstić information content (AvgIpc) is 3.67.